The van der Waals surface area contributed by atoms with Crippen molar-refractivity contribution in [2.45, 2.75) is 35.3 Å². The lowest BCUT2D eigenvalue weighted by atomic mass is 10.1. The molecule has 0 aliphatic carbocycles. The third-order valence-corrected chi connectivity index (χ3v) is 8.80. The fourth-order valence-electron chi connectivity index (χ4n) is 4.22. The smallest absolute Gasteiger partial charge is 0.272 e. The van der Waals surface area contributed by atoms with Crippen LogP contribution in [0, 0.1) is 0 Å². The molecular weight excluding hydrogens is 625 g/mol. The highest BCUT2D eigenvalue weighted by Crippen LogP contribution is 2.29. The highest BCUT2D eigenvalue weighted by atomic mass is 32.2. The van der Waals surface area contributed by atoms with Crippen LogP contribution in [0.4, 0.5) is 11.4 Å². The number of sulfonamides is 1. The summed E-state index contributed by atoms with van der Waals surface area (Å²) in [5.41, 5.74) is 2.02. The van der Waals surface area contributed by atoms with Gasteiger partial charge >= 0.3 is 0 Å². The van der Waals surface area contributed by atoms with Crippen molar-refractivity contribution in [1.29, 1.82) is 0 Å². The predicted molar refractivity (Wildman–Crippen MR) is 181 cm³/mol. The molecule has 0 saturated carbocycles. The maximum Gasteiger partial charge on any atom is 0.272 e. The second kappa shape index (κ2) is 15.9. The monoisotopic (exact) mass is 658 g/mol. The molecule has 1 atom stereocenters. The number of carbonyl (C=O) groups is 3. The van der Waals surface area contributed by atoms with Crippen LogP contribution in [0.5, 0.6) is 5.75 Å². The van der Waals surface area contributed by atoms with Crippen molar-refractivity contribution >= 4 is 57.0 Å². The van der Waals surface area contributed by atoms with Gasteiger partial charge in [-0.05, 0) is 91.7 Å². The first-order chi connectivity index (χ1) is 22.0. The van der Waals surface area contributed by atoms with Crippen molar-refractivity contribution in [3.8, 4) is 5.75 Å². The number of thioether (sulfide) groups is 1. The molecule has 4 aromatic rings. The molecule has 0 fully saturated rings. The van der Waals surface area contributed by atoms with Gasteiger partial charge in [0.2, 0.25) is 15.9 Å². The number of primary sulfonamides is 1. The number of nitrogens with one attached hydrogen (secondary N) is 3. The van der Waals surface area contributed by atoms with Gasteiger partial charge in [0, 0.05) is 21.8 Å². The fourth-order valence-corrected chi connectivity index (χ4v) is 5.75. The Balaban J connectivity index is 1.48. The third kappa shape index (κ3) is 9.80. The number of ether oxygens (including phenoxy) is 1. The molecule has 0 spiro atoms. The van der Waals surface area contributed by atoms with E-state index in [1.54, 1.807) is 78.9 Å². The first kappa shape index (κ1) is 34.0. The van der Waals surface area contributed by atoms with Crippen LogP contribution in [0.3, 0.4) is 0 Å². The normalized spacial score (nSPS) is 12.1. The molecule has 10 nitrogen and oxygen atoms in total. The number of benzene rings is 4. The summed E-state index contributed by atoms with van der Waals surface area (Å²) in [6, 6.07) is 28.4. The minimum atomic E-state index is -3.84. The third-order valence-electron chi connectivity index (χ3n) is 6.51. The standard InChI is InChI=1S/C34H34N4O6S2/c1-3-31(34(41)36-25-15-19-29(20-16-25)46(35,42)43)45-28-12-8-11-26(22-28)37-33(40)30(38-32(39)24-9-6-5-7-10-24)21-23-13-17-27(18-14-23)44-4-2/h5-22,31H,3-4H2,1-2H3,(H,36,41)(H,37,40)(H,38,39)(H2,35,42,43)/b30-21+. The van der Waals surface area contributed by atoms with Gasteiger partial charge in [0.15, 0.2) is 0 Å². The Morgan fingerprint density at radius 3 is 2.17 bits per heavy atom. The minimum Gasteiger partial charge on any atom is -0.494 e. The van der Waals surface area contributed by atoms with Crippen molar-refractivity contribution in [2.75, 3.05) is 17.2 Å². The Labute approximate surface area is 272 Å². The lowest BCUT2D eigenvalue weighted by Gasteiger charge is -2.16. The highest BCUT2D eigenvalue weighted by molar-refractivity contribution is 8.00. The van der Waals surface area contributed by atoms with Crippen molar-refractivity contribution in [3.63, 3.8) is 0 Å². The van der Waals surface area contributed by atoms with E-state index >= 15 is 0 Å². The van der Waals surface area contributed by atoms with Gasteiger partial charge < -0.3 is 20.7 Å². The van der Waals surface area contributed by atoms with Crippen LogP contribution in [0.2, 0.25) is 0 Å². The Kier molecular flexibility index (Phi) is 11.7. The van der Waals surface area contributed by atoms with Crippen LogP contribution in [-0.4, -0.2) is 38.0 Å². The first-order valence-corrected chi connectivity index (χ1v) is 16.8. The zero-order chi connectivity index (χ0) is 33.1. The summed E-state index contributed by atoms with van der Waals surface area (Å²) in [6.45, 7) is 4.29. The SMILES string of the molecule is CCOc1ccc(/C=C(/NC(=O)c2ccccc2)C(=O)Nc2cccc(SC(CC)C(=O)Nc3ccc(S(N)(=O)=O)cc3)c2)cc1. The Morgan fingerprint density at radius 1 is 0.848 bits per heavy atom. The largest absolute Gasteiger partial charge is 0.494 e. The van der Waals surface area contributed by atoms with E-state index in [0.29, 0.717) is 41.3 Å². The van der Waals surface area contributed by atoms with Gasteiger partial charge in [-0.25, -0.2) is 13.6 Å². The molecular formula is C34H34N4O6S2. The maximum atomic E-state index is 13.5. The quantitative estimate of drug-likeness (QED) is 0.107. The van der Waals surface area contributed by atoms with Gasteiger partial charge in [0.1, 0.15) is 11.4 Å². The van der Waals surface area contributed by atoms with Crippen LogP contribution < -0.4 is 25.8 Å². The highest BCUT2D eigenvalue weighted by Gasteiger charge is 2.20. The molecule has 0 heterocycles. The van der Waals surface area contributed by atoms with Crippen LogP contribution in [0.1, 0.15) is 36.2 Å². The Bertz CT molecular complexity index is 1810. The van der Waals surface area contributed by atoms with Crippen molar-refractivity contribution in [3.05, 3.63) is 120 Å². The van der Waals surface area contributed by atoms with Crippen molar-refractivity contribution < 1.29 is 27.5 Å². The van der Waals surface area contributed by atoms with Gasteiger partial charge in [-0.3, -0.25) is 14.4 Å². The van der Waals surface area contributed by atoms with Gasteiger partial charge in [-0.1, -0.05) is 43.3 Å². The molecule has 0 bridgehead atoms. The van der Waals surface area contributed by atoms with E-state index in [-0.39, 0.29) is 16.5 Å². The molecule has 238 valence electrons. The van der Waals surface area contributed by atoms with Crippen molar-refractivity contribution in [1.82, 2.24) is 5.32 Å². The Hall–Kier alpha value is -4.91. The van der Waals surface area contributed by atoms with Gasteiger partial charge in [-0.15, -0.1) is 11.8 Å². The fraction of sp³-hybridized carbons (Fsp3) is 0.147. The molecule has 46 heavy (non-hydrogen) atoms. The van der Waals surface area contributed by atoms with E-state index < -0.39 is 27.1 Å². The number of rotatable bonds is 13. The summed E-state index contributed by atoms with van der Waals surface area (Å²) in [7, 11) is -3.84. The average Bonchev–Trinajstić information content (AvgIpc) is 3.04. The topological polar surface area (TPSA) is 157 Å². The van der Waals surface area contributed by atoms with Gasteiger partial charge in [0.25, 0.3) is 11.8 Å². The molecule has 0 aliphatic heterocycles. The summed E-state index contributed by atoms with van der Waals surface area (Å²) in [4.78, 5) is 40.2. The van der Waals surface area contributed by atoms with Crippen LogP contribution in [0.25, 0.3) is 6.08 Å². The second-order valence-corrected chi connectivity index (χ2v) is 12.8. The van der Waals surface area contributed by atoms with Crippen molar-refractivity contribution in [2.24, 2.45) is 5.14 Å². The molecule has 5 N–H and O–H groups in total. The molecule has 0 aromatic heterocycles. The van der Waals surface area contributed by atoms with Crippen LogP contribution in [-0.2, 0) is 19.6 Å². The van der Waals surface area contributed by atoms with E-state index in [9.17, 15) is 22.8 Å². The summed E-state index contributed by atoms with van der Waals surface area (Å²) >= 11 is 1.31. The first-order valence-electron chi connectivity index (χ1n) is 14.4. The molecule has 0 radical (unpaired) electrons. The zero-order valence-electron chi connectivity index (χ0n) is 25.2. The number of nitrogens with two attached hydrogens (primary N) is 1. The number of amides is 3. The molecule has 0 saturated heterocycles. The van der Waals surface area contributed by atoms with Crippen LogP contribution in [0.15, 0.2) is 119 Å². The number of carbonyl (C=O) groups excluding carboxylic acids is 3. The number of anilines is 2. The Morgan fingerprint density at radius 2 is 1.54 bits per heavy atom. The summed E-state index contributed by atoms with van der Waals surface area (Å²) in [6.07, 6.45) is 2.08. The van der Waals surface area contributed by atoms with E-state index in [2.05, 4.69) is 16.0 Å². The van der Waals surface area contributed by atoms with Gasteiger partial charge in [-0.2, -0.15) is 0 Å². The van der Waals surface area contributed by atoms with E-state index in [1.807, 2.05) is 19.9 Å². The molecule has 0 aliphatic rings. The lowest BCUT2D eigenvalue weighted by molar-refractivity contribution is -0.116. The summed E-state index contributed by atoms with van der Waals surface area (Å²) in [5, 5.41) is 13.0. The molecule has 12 heteroatoms. The minimum absolute atomic E-state index is 0.0373. The average molecular weight is 659 g/mol. The van der Waals surface area contributed by atoms with Crippen LogP contribution >= 0.6 is 11.8 Å². The molecule has 1 unspecified atom stereocenters. The second-order valence-electron chi connectivity index (χ2n) is 9.94. The molecule has 4 rings (SSSR count). The van der Waals surface area contributed by atoms with Gasteiger partial charge in [0.05, 0.1) is 16.8 Å². The number of hydrogen-bond acceptors (Lipinski definition) is 7. The molecule has 4 aromatic carbocycles. The molecule has 3 amide bonds. The maximum absolute atomic E-state index is 13.5. The van der Waals surface area contributed by atoms with E-state index in [1.165, 1.54) is 36.0 Å². The number of hydrogen-bond donors (Lipinski definition) is 4. The summed E-state index contributed by atoms with van der Waals surface area (Å²) in [5.74, 6) is -0.553. The van der Waals surface area contributed by atoms with E-state index in [4.69, 9.17) is 9.88 Å². The van der Waals surface area contributed by atoms with E-state index in [0.717, 1.165) is 4.90 Å². The zero-order valence-corrected chi connectivity index (χ0v) is 26.9. The summed E-state index contributed by atoms with van der Waals surface area (Å²) < 4.78 is 28.5. The lowest BCUT2D eigenvalue weighted by Crippen LogP contribution is -2.30. The predicted octanol–water partition coefficient (Wildman–Crippen LogP) is 5.65.